The lowest BCUT2D eigenvalue weighted by Gasteiger charge is -2.12. The van der Waals surface area contributed by atoms with Crippen LogP contribution in [0, 0.1) is 17.6 Å². The zero-order valence-electron chi connectivity index (χ0n) is 8.77. The second kappa shape index (κ2) is 6.06. The van der Waals surface area contributed by atoms with Crippen LogP contribution in [-0.2, 0) is 6.42 Å². The Morgan fingerprint density at radius 3 is 2.53 bits per heavy atom. The zero-order chi connectivity index (χ0) is 11.3. The first-order valence-corrected chi connectivity index (χ1v) is 5.70. The molecule has 1 aromatic rings. The van der Waals surface area contributed by atoms with Gasteiger partial charge in [-0.3, -0.25) is 0 Å². The lowest BCUT2D eigenvalue weighted by atomic mass is 9.97. The molecule has 0 heterocycles. The van der Waals surface area contributed by atoms with E-state index in [0.717, 1.165) is 18.4 Å². The van der Waals surface area contributed by atoms with Gasteiger partial charge in [0.05, 0.1) is 0 Å². The van der Waals surface area contributed by atoms with Gasteiger partial charge in [-0.15, -0.1) is 11.6 Å². The lowest BCUT2D eigenvalue weighted by molar-refractivity contribution is 0.498. The van der Waals surface area contributed by atoms with E-state index in [4.69, 9.17) is 11.6 Å². The minimum atomic E-state index is -0.795. The van der Waals surface area contributed by atoms with Crippen LogP contribution in [0.1, 0.15) is 25.3 Å². The van der Waals surface area contributed by atoms with Crippen molar-refractivity contribution in [3.63, 3.8) is 0 Å². The summed E-state index contributed by atoms with van der Waals surface area (Å²) in [4.78, 5) is 0. The maximum Gasteiger partial charge on any atom is 0.159 e. The fourth-order valence-corrected chi connectivity index (χ4v) is 1.91. The summed E-state index contributed by atoms with van der Waals surface area (Å²) in [6, 6.07) is 4.04. The van der Waals surface area contributed by atoms with Crippen molar-refractivity contribution >= 4 is 11.6 Å². The van der Waals surface area contributed by atoms with Crippen LogP contribution in [0.3, 0.4) is 0 Å². The van der Waals surface area contributed by atoms with Gasteiger partial charge in [0.1, 0.15) is 0 Å². The fourth-order valence-electron chi connectivity index (χ4n) is 1.64. The summed E-state index contributed by atoms with van der Waals surface area (Å²) >= 11 is 5.80. The summed E-state index contributed by atoms with van der Waals surface area (Å²) in [7, 11) is 0. The van der Waals surface area contributed by atoms with Crippen LogP contribution in [0.5, 0.6) is 0 Å². The molecule has 1 atom stereocenters. The van der Waals surface area contributed by atoms with Crippen molar-refractivity contribution in [2.75, 3.05) is 5.88 Å². The summed E-state index contributed by atoms with van der Waals surface area (Å²) in [5, 5.41) is 0. The molecular weight excluding hydrogens is 218 g/mol. The predicted molar refractivity (Wildman–Crippen MR) is 59.2 cm³/mol. The standard InChI is InChI=1S/C12H15ClF2/c1-2-3-10(8-13)6-9-4-5-11(14)12(15)7-9/h4-5,7,10H,2-3,6,8H2,1H3. The topological polar surface area (TPSA) is 0 Å². The monoisotopic (exact) mass is 232 g/mol. The summed E-state index contributed by atoms with van der Waals surface area (Å²) in [5.74, 6) is -0.664. The Morgan fingerprint density at radius 2 is 2.00 bits per heavy atom. The highest BCUT2D eigenvalue weighted by Crippen LogP contribution is 2.17. The molecule has 0 aliphatic rings. The Bertz CT molecular complexity index is 312. The number of benzene rings is 1. The second-order valence-electron chi connectivity index (χ2n) is 3.76. The van der Waals surface area contributed by atoms with E-state index < -0.39 is 11.6 Å². The van der Waals surface area contributed by atoms with Gasteiger partial charge in [0.15, 0.2) is 11.6 Å². The van der Waals surface area contributed by atoms with Gasteiger partial charge in [0, 0.05) is 5.88 Å². The molecule has 0 spiro atoms. The summed E-state index contributed by atoms with van der Waals surface area (Å²) in [5.41, 5.74) is 0.813. The molecule has 0 aliphatic heterocycles. The molecule has 1 rings (SSSR count). The van der Waals surface area contributed by atoms with E-state index in [1.165, 1.54) is 12.1 Å². The minimum absolute atomic E-state index is 0.349. The lowest BCUT2D eigenvalue weighted by Crippen LogP contribution is -2.06. The van der Waals surface area contributed by atoms with Crippen LogP contribution in [0.15, 0.2) is 18.2 Å². The van der Waals surface area contributed by atoms with Crippen molar-refractivity contribution in [2.45, 2.75) is 26.2 Å². The predicted octanol–water partition coefficient (Wildman–Crippen LogP) is 4.16. The van der Waals surface area contributed by atoms with E-state index in [0.29, 0.717) is 18.2 Å². The average Bonchev–Trinajstić information content (AvgIpc) is 2.23. The molecule has 15 heavy (non-hydrogen) atoms. The first kappa shape index (κ1) is 12.4. The number of hydrogen-bond acceptors (Lipinski definition) is 0. The summed E-state index contributed by atoms with van der Waals surface area (Å²) in [6.45, 7) is 2.09. The largest absolute Gasteiger partial charge is 0.204 e. The van der Waals surface area contributed by atoms with E-state index in [1.807, 2.05) is 0 Å². The quantitative estimate of drug-likeness (QED) is 0.669. The normalized spacial score (nSPS) is 12.8. The highest BCUT2D eigenvalue weighted by Gasteiger charge is 2.09. The van der Waals surface area contributed by atoms with E-state index in [1.54, 1.807) is 6.07 Å². The molecule has 1 aromatic carbocycles. The number of halogens is 3. The molecule has 0 saturated heterocycles. The molecule has 0 nitrogen and oxygen atoms in total. The Labute approximate surface area is 94.3 Å². The molecule has 1 unspecified atom stereocenters. The Morgan fingerprint density at radius 1 is 1.27 bits per heavy atom. The molecule has 0 aliphatic carbocycles. The van der Waals surface area contributed by atoms with E-state index in [9.17, 15) is 8.78 Å². The Kier molecular flexibility index (Phi) is 5.03. The summed E-state index contributed by atoms with van der Waals surface area (Å²) < 4.78 is 25.6. The maximum atomic E-state index is 12.9. The Balaban J connectivity index is 2.66. The van der Waals surface area contributed by atoms with E-state index in [-0.39, 0.29) is 0 Å². The zero-order valence-corrected chi connectivity index (χ0v) is 9.53. The van der Waals surface area contributed by atoms with Gasteiger partial charge in [0.25, 0.3) is 0 Å². The molecule has 3 heteroatoms. The molecule has 84 valence electrons. The average molecular weight is 233 g/mol. The third-order valence-corrected chi connectivity index (χ3v) is 2.86. The SMILES string of the molecule is CCCC(CCl)Cc1ccc(F)c(F)c1. The smallest absolute Gasteiger partial charge is 0.159 e. The molecular formula is C12H15ClF2. The van der Waals surface area contributed by atoms with Crippen molar-refractivity contribution in [3.05, 3.63) is 35.4 Å². The number of rotatable bonds is 5. The minimum Gasteiger partial charge on any atom is -0.204 e. The molecule has 0 aromatic heterocycles. The van der Waals surface area contributed by atoms with Gasteiger partial charge in [-0.1, -0.05) is 19.4 Å². The van der Waals surface area contributed by atoms with Crippen LogP contribution in [0.2, 0.25) is 0 Å². The van der Waals surface area contributed by atoms with Crippen LogP contribution in [0.4, 0.5) is 8.78 Å². The second-order valence-corrected chi connectivity index (χ2v) is 4.07. The molecule has 0 fully saturated rings. The number of hydrogen-bond donors (Lipinski definition) is 0. The van der Waals surface area contributed by atoms with Gasteiger partial charge in [-0.2, -0.15) is 0 Å². The van der Waals surface area contributed by atoms with Crippen molar-refractivity contribution in [3.8, 4) is 0 Å². The van der Waals surface area contributed by atoms with Crippen molar-refractivity contribution in [1.29, 1.82) is 0 Å². The number of alkyl halides is 1. The molecule has 0 amide bonds. The van der Waals surface area contributed by atoms with Gasteiger partial charge >= 0.3 is 0 Å². The molecule has 0 saturated carbocycles. The highest BCUT2D eigenvalue weighted by atomic mass is 35.5. The van der Waals surface area contributed by atoms with Crippen LogP contribution in [0.25, 0.3) is 0 Å². The van der Waals surface area contributed by atoms with Gasteiger partial charge < -0.3 is 0 Å². The van der Waals surface area contributed by atoms with Crippen LogP contribution in [-0.4, -0.2) is 5.88 Å². The van der Waals surface area contributed by atoms with Crippen LogP contribution >= 0.6 is 11.6 Å². The first-order valence-electron chi connectivity index (χ1n) is 5.17. The fraction of sp³-hybridized carbons (Fsp3) is 0.500. The third kappa shape index (κ3) is 3.78. The molecule has 0 bridgehead atoms. The Hall–Kier alpha value is -0.630. The van der Waals surface area contributed by atoms with Crippen molar-refractivity contribution < 1.29 is 8.78 Å². The summed E-state index contributed by atoms with van der Waals surface area (Å²) in [6.07, 6.45) is 2.79. The van der Waals surface area contributed by atoms with Gasteiger partial charge in [-0.25, -0.2) is 8.78 Å². The third-order valence-electron chi connectivity index (χ3n) is 2.42. The molecule has 0 radical (unpaired) electrons. The van der Waals surface area contributed by atoms with E-state index in [2.05, 4.69) is 6.92 Å². The molecule has 0 N–H and O–H groups in total. The van der Waals surface area contributed by atoms with Gasteiger partial charge in [-0.05, 0) is 36.5 Å². The van der Waals surface area contributed by atoms with Crippen molar-refractivity contribution in [1.82, 2.24) is 0 Å². The van der Waals surface area contributed by atoms with Crippen LogP contribution < -0.4 is 0 Å². The van der Waals surface area contributed by atoms with Crippen molar-refractivity contribution in [2.24, 2.45) is 5.92 Å². The highest BCUT2D eigenvalue weighted by molar-refractivity contribution is 6.18. The maximum absolute atomic E-state index is 12.9. The first-order chi connectivity index (χ1) is 7.17. The van der Waals surface area contributed by atoms with Gasteiger partial charge in [0.2, 0.25) is 0 Å². The van der Waals surface area contributed by atoms with E-state index >= 15 is 0 Å².